The molecular formula is C17H15F6N3OS. The molecule has 1 atom stereocenters. The second-order valence-electron chi connectivity index (χ2n) is 6.54. The van der Waals surface area contributed by atoms with Gasteiger partial charge in [-0.2, -0.15) is 26.3 Å². The smallest absolute Gasteiger partial charge is 0.338 e. The minimum Gasteiger partial charge on any atom is -0.338 e. The van der Waals surface area contributed by atoms with Gasteiger partial charge in [0.05, 0.1) is 11.1 Å². The Morgan fingerprint density at radius 2 is 1.68 bits per heavy atom. The van der Waals surface area contributed by atoms with Crippen LogP contribution in [0.3, 0.4) is 0 Å². The Morgan fingerprint density at radius 1 is 1.07 bits per heavy atom. The molecule has 1 amide bonds. The largest absolute Gasteiger partial charge is 0.416 e. The molecule has 1 aromatic carbocycles. The number of benzene rings is 1. The van der Waals surface area contributed by atoms with Crippen LogP contribution in [0.2, 0.25) is 0 Å². The maximum atomic E-state index is 13.0. The molecule has 0 N–H and O–H groups in total. The van der Waals surface area contributed by atoms with Crippen molar-refractivity contribution in [3.63, 3.8) is 0 Å². The van der Waals surface area contributed by atoms with Crippen molar-refractivity contribution in [1.82, 2.24) is 15.1 Å². The minimum absolute atomic E-state index is 0.0137. The van der Waals surface area contributed by atoms with Crippen molar-refractivity contribution >= 4 is 17.2 Å². The van der Waals surface area contributed by atoms with E-state index in [-0.39, 0.29) is 25.1 Å². The predicted octanol–water partition coefficient (Wildman–Crippen LogP) is 4.90. The van der Waals surface area contributed by atoms with Gasteiger partial charge in [-0.3, -0.25) is 4.79 Å². The second-order valence-corrected chi connectivity index (χ2v) is 7.76. The van der Waals surface area contributed by atoms with Crippen LogP contribution in [0.5, 0.6) is 0 Å². The average molecular weight is 423 g/mol. The molecule has 0 bridgehead atoms. The third-order valence-electron chi connectivity index (χ3n) is 4.43. The first-order valence-corrected chi connectivity index (χ1v) is 9.15. The summed E-state index contributed by atoms with van der Waals surface area (Å²) in [6.45, 7) is 2.20. The van der Waals surface area contributed by atoms with Crippen LogP contribution < -0.4 is 0 Å². The fourth-order valence-electron chi connectivity index (χ4n) is 3.10. The Labute approximate surface area is 160 Å². The van der Waals surface area contributed by atoms with Gasteiger partial charge in [-0.1, -0.05) is 0 Å². The Hall–Kier alpha value is -2.17. The number of halogens is 6. The van der Waals surface area contributed by atoms with Crippen molar-refractivity contribution in [3.05, 3.63) is 44.9 Å². The summed E-state index contributed by atoms with van der Waals surface area (Å²) in [4.78, 5) is 14.0. The molecule has 0 radical (unpaired) electrons. The van der Waals surface area contributed by atoms with E-state index in [0.29, 0.717) is 23.6 Å². The van der Waals surface area contributed by atoms with E-state index < -0.39 is 35.0 Å². The molecule has 0 aliphatic carbocycles. The molecule has 0 saturated carbocycles. The lowest BCUT2D eigenvalue weighted by molar-refractivity contribution is -0.143. The van der Waals surface area contributed by atoms with Crippen LogP contribution in [0, 0.1) is 6.92 Å². The van der Waals surface area contributed by atoms with Gasteiger partial charge in [0.25, 0.3) is 5.91 Å². The number of aromatic nitrogens is 2. The highest BCUT2D eigenvalue weighted by Crippen LogP contribution is 2.37. The van der Waals surface area contributed by atoms with Crippen LogP contribution in [0.4, 0.5) is 26.3 Å². The molecule has 1 fully saturated rings. The zero-order valence-corrected chi connectivity index (χ0v) is 15.4. The molecule has 28 heavy (non-hydrogen) atoms. The number of piperidine rings is 1. The summed E-state index contributed by atoms with van der Waals surface area (Å²) in [6.07, 6.45) is -8.70. The number of alkyl halides is 6. The van der Waals surface area contributed by atoms with Crippen LogP contribution >= 0.6 is 11.3 Å². The van der Waals surface area contributed by atoms with Gasteiger partial charge in [0.15, 0.2) is 0 Å². The predicted molar refractivity (Wildman–Crippen MR) is 89.0 cm³/mol. The van der Waals surface area contributed by atoms with Crippen molar-refractivity contribution in [3.8, 4) is 0 Å². The maximum Gasteiger partial charge on any atom is 0.416 e. The SMILES string of the molecule is Cc1nnc([C@H]2CCCN(C(=O)c3cc(C(F)(F)F)cc(C(F)(F)F)c3)C2)s1. The molecule has 1 aromatic heterocycles. The van der Waals surface area contributed by atoms with E-state index in [9.17, 15) is 31.1 Å². The highest BCUT2D eigenvalue weighted by molar-refractivity contribution is 7.11. The molecule has 1 aliphatic rings. The number of rotatable bonds is 2. The summed E-state index contributed by atoms with van der Waals surface area (Å²) in [5, 5.41) is 9.39. The number of amides is 1. The summed E-state index contributed by atoms with van der Waals surface area (Å²) >= 11 is 1.36. The lowest BCUT2D eigenvalue weighted by Crippen LogP contribution is -2.39. The first-order valence-electron chi connectivity index (χ1n) is 8.34. The first-order chi connectivity index (χ1) is 12.9. The summed E-state index contributed by atoms with van der Waals surface area (Å²) < 4.78 is 78.1. The first kappa shape index (κ1) is 20.6. The van der Waals surface area contributed by atoms with E-state index >= 15 is 0 Å². The van der Waals surface area contributed by atoms with E-state index in [0.717, 1.165) is 11.4 Å². The zero-order chi connectivity index (χ0) is 20.7. The molecule has 1 saturated heterocycles. The van der Waals surface area contributed by atoms with E-state index in [4.69, 9.17) is 0 Å². The zero-order valence-electron chi connectivity index (χ0n) is 14.6. The van der Waals surface area contributed by atoms with Gasteiger partial charge >= 0.3 is 12.4 Å². The number of hydrogen-bond acceptors (Lipinski definition) is 4. The molecule has 11 heteroatoms. The van der Waals surface area contributed by atoms with E-state index in [1.54, 1.807) is 6.92 Å². The number of carbonyl (C=O) groups is 1. The van der Waals surface area contributed by atoms with Crippen molar-refractivity contribution < 1.29 is 31.1 Å². The van der Waals surface area contributed by atoms with Crippen LogP contribution in [-0.2, 0) is 12.4 Å². The number of nitrogens with zero attached hydrogens (tertiary/aromatic N) is 3. The van der Waals surface area contributed by atoms with Crippen LogP contribution in [0.1, 0.15) is 50.3 Å². The molecule has 152 valence electrons. The van der Waals surface area contributed by atoms with Crippen LogP contribution in [0.15, 0.2) is 18.2 Å². The number of hydrogen-bond donors (Lipinski definition) is 0. The standard InChI is InChI=1S/C17H15F6N3OS/c1-9-24-25-14(28-9)10-3-2-4-26(8-10)15(27)11-5-12(16(18,19)20)7-13(6-11)17(21,22)23/h5-7,10H,2-4,8H2,1H3/t10-/m0/s1. The summed E-state index contributed by atoms with van der Waals surface area (Å²) in [6, 6.07) is 0.951. The average Bonchev–Trinajstić information content (AvgIpc) is 3.06. The van der Waals surface area contributed by atoms with Crippen LogP contribution in [0.25, 0.3) is 0 Å². The molecule has 0 spiro atoms. The number of aryl methyl sites for hydroxylation is 1. The van der Waals surface area contributed by atoms with Crippen molar-refractivity contribution in [2.45, 2.75) is 38.0 Å². The summed E-state index contributed by atoms with van der Waals surface area (Å²) in [5.74, 6) is -1.00. The van der Waals surface area contributed by atoms with Gasteiger partial charge in [-0.15, -0.1) is 21.5 Å². The molecule has 2 aromatic rings. The molecule has 4 nitrogen and oxygen atoms in total. The molecule has 2 heterocycles. The third kappa shape index (κ3) is 4.45. The number of carbonyl (C=O) groups excluding carboxylic acids is 1. The maximum absolute atomic E-state index is 13.0. The fourth-order valence-corrected chi connectivity index (χ4v) is 3.93. The van der Waals surface area contributed by atoms with Crippen molar-refractivity contribution in [2.24, 2.45) is 0 Å². The van der Waals surface area contributed by atoms with Crippen molar-refractivity contribution in [1.29, 1.82) is 0 Å². The number of likely N-dealkylation sites (tertiary alicyclic amines) is 1. The molecular weight excluding hydrogens is 408 g/mol. The highest BCUT2D eigenvalue weighted by atomic mass is 32.1. The Kier molecular flexibility index (Phi) is 5.39. The van der Waals surface area contributed by atoms with Gasteiger partial charge in [0, 0.05) is 24.6 Å². The van der Waals surface area contributed by atoms with Crippen LogP contribution in [-0.4, -0.2) is 34.1 Å². The topological polar surface area (TPSA) is 46.1 Å². The molecule has 1 aliphatic heterocycles. The minimum atomic E-state index is -5.00. The quantitative estimate of drug-likeness (QED) is 0.646. The normalized spacial score (nSPS) is 18.4. The summed E-state index contributed by atoms with van der Waals surface area (Å²) in [7, 11) is 0. The van der Waals surface area contributed by atoms with Gasteiger partial charge < -0.3 is 4.90 Å². The lowest BCUT2D eigenvalue weighted by atomic mass is 9.97. The monoisotopic (exact) mass is 423 g/mol. The third-order valence-corrected chi connectivity index (χ3v) is 5.44. The van der Waals surface area contributed by atoms with E-state index in [2.05, 4.69) is 10.2 Å². The van der Waals surface area contributed by atoms with E-state index in [1.165, 1.54) is 16.2 Å². The molecule has 0 unspecified atom stereocenters. The second kappa shape index (κ2) is 7.34. The summed E-state index contributed by atoms with van der Waals surface area (Å²) in [5.41, 5.74) is -3.63. The van der Waals surface area contributed by atoms with E-state index in [1.807, 2.05) is 0 Å². The van der Waals surface area contributed by atoms with Gasteiger partial charge in [0.2, 0.25) is 0 Å². The fraction of sp³-hybridized carbons (Fsp3) is 0.471. The Morgan fingerprint density at radius 3 is 2.18 bits per heavy atom. The Balaban J connectivity index is 1.90. The highest BCUT2D eigenvalue weighted by Gasteiger charge is 2.38. The van der Waals surface area contributed by atoms with Gasteiger partial charge in [-0.05, 0) is 38.0 Å². The van der Waals surface area contributed by atoms with Crippen molar-refractivity contribution in [2.75, 3.05) is 13.1 Å². The Bertz CT molecular complexity index is 844. The molecule has 3 rings (SSSR count). The van der Waals surface area contributed by atoms with Gasteiger partial charge in [0.1, 0.15) is 10.0 Å². The lowest BCUT2D eigenvalue weighted by Gasteiger charge is -2.32. The van der Waals surface area contributed by atoms with Gasteiger partial charge in [-0.25, -0.2) is 0 Å².